The largest absolute Gasteiger partial charge is 0.493 e. The number of carbonyl (C=O) groups is 1. The van der Waals surface area contributed by atoms with E-state index in [1.165, 1.54) is 12.1 Å². The smallest absolute Gasteiger partial charge is 0.263 e. The zero-order valence-corrected chi connectivity index (χ0v) is 20.5. The topological polar surface area (TPSA) is 98.5 Å². The third kappa shape index (κ3) is 6.06. The summed E-state index contributed by atoms with van der Waals surface area (Å²) >= 11 is 0. The predicted molar refractivity (Wildman–Crippen MR) is 140 cm³/mol. The molecular weight excluding hydrogens is 478 g/mol. The molecule has 3 aromatic carbocycles. The highest BCUT2D eigenvalue weighted by Crippen LogP contribution is 2.32. The van der Waals surface area contributed by atoms with Gasteiger partial charge in [-0.2, -0.15) is 0 Å². The van der Waals surface area contributed by atoms with Gasteiger partial charge in [-0.15, -0.1) is 0 Å². The van der Waals surface area contributed by atoms with E-state index >= 15 is 0 Å². The van der Waals surface area contributed by atoms with Crippen LogP contribution in [-0.4, -0.2) is 24.6 Å². The Balaban J connectivity index is 1.64. The highest BCUT2D eigenvalue weighted by Gasteiger charge is 2.23. The number of fused-ring (bicyclic) bond motifs is 1. The number of hydrogen-bond donors (Lipinski definition) is 3. The number of benzene rings is 3. The minimum Gasteiger partial charge on any atom is -0.493 e. The van der Waals surface area contributed by atoms with E-state index in [-0.39, 0.29) is 18.0 Å². The van der Waals surface area contributed by atoms with Gasteiger partial charge in [-0.1, -0.05) is 24.3 Å². The number of ether oxygens (including phenoxy) is 2. The molecule has 1 heterocycles. The minimum atomic E-state index is -2.58. The van der Waals surface area contributed by atoms with Crippen molar-refractivity contribution < 1.29 is 23.0 Å². The SMILES string of the molecule is CCOc1cc(C(Nc2ccc3c(N)nccc3c2)C(=O)NCc2cccc(C(F)F)c2)ccc1OC. The van der Waals surface area contributed by atoms with Crippen LogP contribution in [0.25, 0.3) is 10.8 Å². The molecule has 7 nitrogen and oxygen atoms in total. The van der Waals surface area contributed by atoms with Crippen LogP contribution in [0, 0.1) is 0 Å². The summed E-state index contributed by atoms with van der Waals surface area (Å²) in [6.07, 6.45) is -0.963. The highest BCUT2D eigenvalue weighted by molar-refractivity contribution is 5.94. The molecule has 0 aliphatic heterocycles. The Kier molecular flexibility index (Phi) is 8.02. The maximum atomic E-state index is 13.5. The normalized spacial score (nSPS) is 11.8. The number of carbonyl (C=O) groups excluding carboxylic acids is 1. The number of pyridine rings is 1. The predicted octanol–water partition coefficient (Wildman–Crippen LogP) is 5.63. The lowest BCUT2D eigenvalue weighted by atomic mass is 10.0. The number of anilines is 2. The van der Waals surface area contributed by atoms with Gasteiger partial charge in [-0.3, -0.25) is 4.79 Å². The molecule has 0 aliphatic carbocycles. The van der Waals surface area contributed by atoms with Gasteiger partial charge >= 0.3 is 0 Å². The van der Waals surface area contributed by atoms with Crippen LogP contribution in [0.1, 0.15) is 36.1 Å². The van der Waals surface area contributed by atoms with Gasteiger partial charge in [0, 0.05) is 29.4 Å². The molecule has 0 saturated heterocycles. The van der Waals surface area contributed by atoms with Crippen LogP contribution in [0.5, 0.6) is 11.5 Å². The molecule has 0 spiro atoms. The summed E-state index contributed by atoms with van der Waals surface area (Å²) < 4.78 is 37.3. The van der Waals surface area contributed by atoms with Gasteiger partial charge in [0.1, 0.15) is 11.9 Å². The summed E-state index contributed by atoms with van der Waals surface area (Å²) in [6.45, 7) is 2.37. The lowest BCUT2D eigenvalue weighted by molar-refractivity contribution is -0.122. The molecule has 4 N–H and O–H groups in total. The molecule has 0 bridgehead atoms. The second-order valence-corrected chi connectivity index (χ2v) is 8.32. The minimum absolute atomic E-state index is 0.0893. The van der Waals surface area contributed by atoms with Crippen LogP contribution in [0.3, 0.4) is 0 Å². The Morgan fingerprint density at radius 3 is 2.62 bits per heavy atom. The van der Waals surface area contributed by atoms with Gasteiger partial charge < -0.3 is 25.8 Å². The molecule has 0 radical (unpaired) electrons. The molecule has 37 heavy (non-hydrogen) atoms. The fourth-order valence-electron chi connectivity index (χ4n) is 4.03. The molecule has 1 unspecified atom stereocenters. The van der Waals surface area contributed by atoms with E-state index in [4.69, 9.17) is 15.2 Å². The zero-order chi connectivity index (χ0) is 26.4. The Hall–Kier alpha value is -4.40. The molecular formula is C28H28F2N4O3. The van der Waals surface area contributed by atoms with Crippen molar-refractivity contribution in [2.24, 2.45) is 0 Å². The molecule has 192 valence electrons. The van der Waals surface area contributed by atoms with Crippen LogP contribution in [0.2, 0.25) is 0 Å². The number of amides is 1. The summed E-state index contributed by atoms with van der Waals surface area (Å²) in [5, 5.41) is 7.82. The van der Waals surface area contributed by atoms with Crippen molar-refractivity contribution in [2.45, 2.75) is 25.9 Å². The Morgan fingerprint density at radius 1 is 1.03 bits per heavy atom. The number of methoxy groups -OCH3 is 1. The van der Waals surface area contributed by atoms with E-state index in [9.17, 15) is 13.6 Å². The van der Waals surface area contributed by atoms with Crippen LogP contribution >= 0.6 is 0 Å². The molecule has 1 atom stereocenters. The van der Waals surface area contributed by atoms with E-state index in [2.05, 4.69) is 15.6 Å². The first-order chi connectivity index (χ1) is 17.9. The monoisotopic (exact) mass is 506 g/mol. The van der Waals surface area contributed by atoms with Gasteiger partial charge in [0.15, 0.2) is 11.5 Å². The number of nitrogens with one attached hydrogen (secondary N) is 2. The summed E-state index contributed by atoms with van der Waals surface area (Å²) in [5.41, 5.74) is 7.78. The van der Waals surface area contributed by atoms with Crippen LogP contribution in [0.15, 0.2) is 72.9 Å². The fraction of sp³-hybridized carbons (Fsp3) is 0.214. The number of rotatable bonds is 10. The van der Waals surface area contributed by atoms with Crippen molar-refractivity contribution in [3.05, 3.63) is 89.6 Å². The summed E-state index contributed by atoms with van der Waals surface area (Å²) in [4.78, 5) is 17.6. The number of nitrogen functional groups attached to an aromatic ring is 1. The molecule has 9 heteroatoms. The summed E-state index contributed by atoms with van der Waals surface area (Å²) in [5.74, 6) is 1.12. The Labute approximate surface area is 213 Å². The molecule has 1 aromatic heterocycles. The van der Waals surface area contributed by atoms with Gasteiger partial charge in [0.25, 0.3) is 6.43 Å². The van der Waals surface area contributed by atoms with Gasteiger partial charge in [-0.05, 0) is 65.9 Å². The third-order valence-electron chi connectivity index (χ3n) is 5.86. The third-order valence-corrected chi connectivity index (χ3v) is 5.86. The maximum Gasteiger partial charge on any atom is 0.263 e. The van der Waals surface area contributed by atoms with Crippen molar-refractivity contribution in [1.82, 2.24) is 10.3 Å². The summed E-state index contributed by atoms with van der Waals surface area (Å²) in [7, 11) is 1.54. The van der Waals surface area contributed by atoms with Crippen molar-refractivity contribution in [1.29, 1.82) is 0 Å². The fourth-order valence-corrected chi connectivity index (χ4v) is 4.03. The Morgan fingerprint density at radius 2 is 1.86 bits per heavy atom. The Bertz CT molecular complexity index is 1400. The van der Waals surface area contributed by atoms with Crippen molar-refractivity contribution in [2.75, 3.05) is 24.8 Å². The van der Waals surface area contributed by atoms with Gasteiger partial charge in [-0.25, -0.2) is 13.8 Å². The molecule has 4 rings (SSSR count). The number of halogens is 2. The van der Waals surface area contributed by atoms with E-state index in [0.717, 1.165) is 10.8 Å². The average molecular weight is 507 g/mol. The maximum absolute atomic E-state index is 13.5. The molecule has 4 aromatic rings. The zero-order valence-electron chi connectivity index (χ0n) is 20.5. The van der Waals surface area contributed by atoms with Crippen LogP contribution < -0.4 is 25.8 Å². The second-order valence-electron chi connectivity index (χ2n) is 8.32. The molecule has 1 amide bonds. The first kappa shape index (κ1) is 25.7. The lowest BCUT2D eigenvalue weighted by Gasteiger charge is -2.22. The molecule has 0 aliphatic rings. The number of hydrogen-bond acceptors (Lipinski definition) is 6. The first-order valence-electron chi connectivity index (χ1n) is 11.8. The number of nitrogens with two attached hydrogens (primary N) is 1. The van der Waals surface area contributed by atoms with E-state index in [0.29, 0.717) is 40.7 Å². The van der Waals surface area contributed by atoms with E-state index < -0.39 is 12.5 Å². The van der Waals surface area contributed by atoms with Gasteiger partial charge in [0.2, 0.25) is 5.91 Å². The highest BCUT2D eigenvalue weighted by atomic mass is 19.3. The number of aromatic nitrogens is 1. The summed E-state index contributed by atoms with van der Waals surface area (Å²) in [6, 6.07) is 17.8. The van der Waals surface area contributed by atoms with E-state index in [1.807, 2.05) is 31.2 Å². The van der Waals surface area contributed by atoms with Crippen LogP contribution in [0.4, 0.5) is 20.3 Å². The number of alkyl halides is 2. The molecule has 0 saturated carbocycles. The van der Waals surface area contributed by atoms with Gasteiger partial charge in [0.05, 0.1) is 13.7 Å². The van der Waals surface area contributed by atoms with Crippen molar-refractivity contribution in [3.8, 4) is 11.5 Å². The average Bonchev–Trinajstić information content (AvgIpc) is 2.91. The van der Waals surface area contributed by atoms with Crippen molar-refractivity contribution >= 4 is 28.2 Å². The van der Waals surface area contributed by atoms with Crippen LogP contribution in [-0.2, 0) is 11.3 Å². The standard InChI is InChI=1S/C28H28F2N4O3/c1-3-37-24-15-19(7-10-23(24)36-2)25(28(35)33-16-17-5-4-6-20(13-17)26(29)30)34-21-8-9-22-18(14-21)11-12-32-27(22)31/h4-15,25-26,34H,3,16H2,1-2H3,(H2,31,32)(H,33,35). The number of nitrogens with zero attached hydrogens (tertiary/aromatic N) is 1. The quantitative estimate of drug-likeness (QED) is 0.258. The second kappa shape index (κ2) is 11.6. The van der Waals surface area contributed by atoms with E-state index in [1.54, 1.807) is 43.6 Å². The molecule has 0 fully saturated rings. The first-order valence-corrected chi connectivity index (χ1v) is 11.8. The van der Waals surface area contributed by atoms with Crippen molar-refractivity contribution in [3.63, 3.8) is 0 Å². The lowest BCUT2D eigenvalue weighted by Crippen LogP contribution is -2.33.